The van der Waals surface area contributed by atoms with Crippen LogP contribution in [0.1, 0.15) is 32.1 Å². The molecule has 1 aromatic heterocycles. The molecule has 1 atom stereocenters. The van der Waals surface area contributed by atoms with Gasteiger partial charge in [-0.1, -0.05) is 19.3 Å². The molecular formula is C14H25N3O2. The summed E-state index contributed by atoms with van der Waals surface area (Å²) >= 11 is 0. The Bertz CT molecular complexity index is 323. The molecular weight excluding hydrogens is 242 g/mol. The Hall–Kier alpha value is -0.910. The van der Waals surface area contributed by atoms with Gasteiger partial charge in [0.25, 0.3) is 0 Å². The number of aliphatic hydroxyl groups is 1. The van der Waals surface area contributed by atoms with E-state index >= 15 is 0 Å². The summed E-state index contributed by atoms with van der Waals surface area (Å²) in [5.41, 5.74) is 0. The fourth-order valence-electron chi connectivity index (χ4n) is 2.43. The predicted molar refractivity (Wildman–Crippen MR) is 73.9 cm³/mol. The van der Waals surface area contributed by atoms with E-state index in [1.165, 1.54) is 19.3 Å². The van der Waals surface area contributed by atoms with Crippen LogP contribution in [0.5, 0.6) is 0 Å². The van der Waals surface area contributed by atoms with Crippen molar-refractivity contribution in [2.75, 3.05) is 19.7 Å². The van der Waals surface area contributed by atoms with E-state index in [0.29, 0.717) is 19.3 Å². The lowest BCUT2D eigenvalue weighted by atomic mass is 9.98. The van der Waals surface area contributed by atoms with Crippen molar-refractivity contribution in [1.82, 2.24) is 15.1 Å². The zero-order valence-electron chi connectivity index (χ0n) is 11.5. The van der Waals surface area contributed by atoms with Gasteiger partial charge in [-0.2, -0.15) is 5.10 Å². The van der Waals surface area contributed by atoms with Gasteiger partial charge < -0.3 is 15.2 Å². The molecule has 2 N–H and O–H groups in total. The molecule has 19 heavy (non-hydrogen) atoms. The van der Waals surface area contributed by atoms with Crippen LogP contribution in [0.15, 0.2) is 18.5 Å². The van der Waals surface area contributed by atoms with Gasteiger partial charge in [0.05, 0.1) is 25.4 Å². The molecule has 5 heteroatoms. The topological polar surface area (TPSA) is 59.3 Å². The van der Waals surface area contributed by atoms with Crippen molar-refractivity contribution < 1.29 is 9.84 Å². The number of aliphatic hydroxyl groups excluding tert-OH is 1. The van der Waals surface area contributed by atoms with E-state index in [9.17, 15) is 5.11 Å². The van der Waals surface area contributed by atoms with E-state index < -0.39 is 6.10 Å². The first kappa shape index (κ1) is 14.5. The lowest BCUT2D eigenvalue weighted by molar-refractivity contribution is -0.0229. The van der Waals surface area contributed by atoms with E-state index in [-0.39, 0.29) is 0 Å². The van der Waals surface area contributed by atoms with Gasteiger partial charge in [0.15, 0.2) is 0 Å². The maximum atomic E-state index is 9.83. The van der Waals surface area contributed by atoms with Crippen LogP contribution >= 0.6 is 0 Å². The Morgan fingerprint density at radius 3 is 2.95 bits per heavy atom. The number of nitrogens with zero attached hydrogens (tertiary/aromatic N) is 2. The van der Waals surface area contributed by atoms with E-state index in [1.54, 1.807) is 6.20 Å². The van der Waals surface area contributed by atoms with Gasteiger partial charge >= 0.3 is 0 Å². The van der Waals surface area contributed by atoms with Gasteiger partial charge in [0.1, 0.15) is 0 Å². The fraction of sp³-hybridized carbons (Fsp3) is 0.786. The largest absolute Gasteiger partial charge is 0.389 e. The molecule has 1 heterocycles. The highest BCUT2D eigenvalue weighted by Gasteiger charge is 2.15. The van der Waals surface area contributed by atoms with Crippen LogP contribution < -0.4 is 5.32 Å². The summed E-state index contributed by atoms with van der Waals surface area (Å²) in [6, 6.07) is 1.91. The number of nitrogens with one attached hydrogen (secondary N) is 1. The third-order valence-electron chi connectivity index (χ3n) is 3.53. The SMILES string of the molecule is OC(CNCCn1cccn1)COC1CCCCC1. The second-order valence-electron chi connectivity index (χ2n) is 5.22. The summed E-state index contributed by atoms with van der Waals surface area (Å²) in [7, 11) is 0. The monoisotopic (exact) mass is 267 g/mol. The van der Waals surface area contributed by atoms with Crippen molar-refractivity contribution in [3.05, 3.63) is 18.5 Å². The van der Waals surface area contributed by atoms with Gasteiger partial charge in [-0.15, -0.1) is 0 Å². The molecule has 0 spiro atoms. The summed E-state index contributed by atoms with van der Waals surface area (Å²) < 4.78 is 7.61. The lowest BCUT2D eigenvalue weighted by Crippen LogP contribution is -2.34. The van der Waals surface area contributed by atoms with E-state index in [0.717, 1.165) is 25.9 Å². The summed E-state index contributed by atoms with van der Waals surface area (Å²) in [5, 5.41) is 17.2. The minimum absolute atomic E-state index is 0.368. The van der Waals surface area contributed by atoms with Crippen molar-refractivity contribution in [2.45, 2.75) is 50.9 Å². The molecule has 108 valence electrons. The third-order valence-corrected chi connectivity index (χ3v) is 3.53. The highest BCUT2D eigenvalue weighted by Crippen LogP contribution is 2.20. The second kappa shape index (κ2) is 8.30. The maximum Gasteiger partial charge on any atom is 0.0897 e. The number of aromatic nitrogens is 2. The van der Waals surface area contributed by atoms with Crippen LogP contribution in [0, 0.1) is 0 Å². The van der Waals surface area contributed by atoms with Crippen molar-refractivity contribution in [1.29, 1.82) is 0 Å². The number of hydrogen-bond donors (Lipinski definition) is 2. The van der Waals surface area contributed by atoms with Crippen LogP contribution in [0.3, 0.4) is 0 Å². The van der Waals surface area contributed by atoms with Gasteiger partial charge in [0, 0.05) is 25.5 Å². The zero-order chi connectivity index (χ0) is 13.3. The molecule has 2 rings (SSSR count). The van der Waals surface area contributed by atoms with Crippen LogP contribution in [-0.4, -0.2) is 46.8 Å². The Balaban J connectivity index is 1.48. The second-order valence-corrected chi connectivity index (χ2v) is 5.22. The van der Waals surface area contributed by atoms with Crippen LogP contribution in [0.2, 0.25) is 0 Å². The summed E-state index contributed by atoms with van der Waals surface area (Å²) in [6.45, 7) is 2.65. The molecule has 1 unspecified atom stereocenters. The fourth-order valence-corrected chi connectivity index (χ4v) is 2.43. The maximum absolute atomic E-state index is 9.83. The first-order chi connectivity index (χ1) is 9.34. The van der Waals surface area contributed by atoms with Gasteiger partial charge in [-0.3, -0.25) is 4.68 Å². The third kappa shape index (κ3) is 5.72. The molecule has 0 saturated heterocycles. The van der Waals surface area contributed by atoms with Crippen LogP contribution in [-0.2, 0) is 11.3 Å². The summed E-state index contributed by atoms with van der Waals surface area (Å²) in [6.07, 6.45) is 9.83. The molecule has 1 aromatic rings. The van der Waals surface area contributed by atoms with Crippen molar-refractivity contribution in [3.63, 3.8) is 0 Å². The summed E-state index contributed by atoms with van der Waals surface area (Å²) in [4.78, 5) is 0. The number of rotatable bonds is 8. The average molecular weight is 267 g/mol. The average Bonchev–Trinajstić information content (AvgIpc) is 2.96. The quantitative estimate of drug-likeness (QED) is 0.695. The molecule has 0 amide bonds. The van der Waals surface area contributed by atoms with E-state index in [1.807, 2.05) is 16.9 Å². The molecule has 0 aliphatic heterocycles. The van der Waals surface area contributed by atoms with Crippen LogP contribution in [0.4, 0.5) is 0 Å². The van der Waals surface area contributed by atoms with Gasteiger partial charge in [-0.25, -0.2) is 0 Å². The zero-order valence-corrected chi connectivity index (χ0v) is 11.5. The van der Waals surface area contributed by atoms with Gasteiger partial charge in [-0.05, 0) is 18.9 Å². The molecule has 1 saturated carbocycles. The smallest absolute Gasteiger partial charge is 0.0897 e. The number of hydrogen-bond acceptors (Lipinski definition) is 4. The molecule has 1 fully saturated rings. The lowest BCUT2D eigenvalue weighted by Gasteiger charge is -2.23. The molecule has 0 aromatic carbocycles. The number of ether oxygens (including phenoxy) is 1. The minimum atomic E-state index is -0.417. The minimum Gasteiger partial charge on any atom is -0.389 e. The summed E-state index contributed by atoms with van der Waals surface area (Å²) in [5.74, 6) is 0. The predicted octanol–water partition coefficient (Wildman–Crippen LogP) is 1.18. The van der Waals surface area contributed by atoms with Crippen LogP contribution in [0.25, 0.3) is 0 Å². The standard InChI is InChI=1S/C14H25N3O2/c18-13(12-19-14-5-2-1-3-6-14)11-15-8-10-17-9-4-7-16-17/h4,7,9,13-15,18H,1-3,5-6,8,10-12H2. The Labute approximate surface area is 115 Å². The normalized spacial score (nSPS) is 18.6. The molecule has 1 aliphatic carbocycles. The molecule has 5 nitrogen and oxygen atoms in total. The molecule has 0 bridgehead atoms. The Morgan fingerprint density at radius 1 is 1.37 bits per heavy atom. The molecule has 0 radical (unpaired) electrons. The first-order valence-electron chi connectivity index (χ1n) is 7.32. The van der Waals surface area contributed by atoms with Gasteiger partial charge in [0.2, 0.25) is 0 Å². The highest BCUT2D eigenvalue weighted by molar-refractivity contribution is 4.77. The molecule has 1 aliphatic rings. The Morgan fingerprint density at radius 2 is 2.21 bits per heavy atom. The van der Waals surface area contributed by atoms with E-state index in [2.05, 4.69) is 10.4 Å². The first-order valence-corrected chi connectivity index (χ1v) is 7.32. The Kier molecular flexibility index (Phi) is 6.33. The van der Waals surface area contributed by atoms with Crippen molar-refractivity contribution in [2.24, 2.45) is 0 Å². The van der Waals surface area contributed by atoms with Crippen molar-refractivity contribution in [3.8, 4) is 0 Å². The van der Waals surface area contributed by atoms with Crippen molar-refractivity contribution >= 4 is 0 Å². The highest BCUT2D eigenvalue weighted by atomic mass is 16.5. The van der Waals surface area contributed by atoms with E-state index in [4.69, 9.17) is 4.74 Å².